The van der Waals surface area contributed by atoms with Crippen LogP contribution in [0.3, 0.4) is 0 Å². The van der Waals surface area contributed by atoms with E-state index in [1.54, 1.807) is 0 Å². The molecule has 1 aliphatic heterocycles. The molecule has 1 amide bonds. The normalized spacial score (nSPS) is 16.6. The average Bonchev–Trinajstić information content (AvgIpc) is 2.41. The van der Waals surface area contributed by atoms with Gasteiger partial charge in [-0.1, -0.05) is 0 Å². The second-order valence-electron chi connectivity index (χ2n) is 4.59. The molecule has 1 heterocycles. The Morgan fingerprint density at radius 2 is 2.00 bits per heavy atom. The summed E-state index contributed by atoms with van der Waals surface area (Å²) in [6.45, 7) is 4.28. The summed E-state index contributed by atoms with van der Waals surface area (Å²) in [5, 5.41) is 8.52. The van der Waals surface area contributed by atoms with Gasteiger partial charge in [-0.25, -0.2) is 4.79 Å². The van der Waals surface area contributed by atoms with Crippen LogP contribution < -0.4 is 0 Å². The molecule has 110 valence electrons. The van der Waals surface area contributed by atoms with Crippen molar-refractivity contribution in [3.63, 3.8) is 0 Å². The van der Waals surface area contributed by atoms with Crippen molar-refractivity contribution >= 4 is 11.9 Å². The molecule has 0 bridgehead atoms. The monoisotopic (exact) mass is 273 g/mol. The molecule has 0 aromatic heterocycles. The Balaban J connectivity index is 2.14. The fraction of sp³-hybridized carbons (Fsp3) is 0.846. The van der Waals surface area contributed by atoms with Crippen molar-refractivity contribution in [2.24, 2.45) is 0 Å². The zero-order valence-electron chi connectivity index (χ0n) is 11.5. The van der Waals surface area contributed by atoms with E-state index in [0.29, 0.717) is 45.6 Å². The minimum Gasteiger partial charge on any atom is -0.480 e. The molecule has 1 aliphatic rings. The number of aliphatic carboxylic acids is 1. The maximum Gasteiger partial charge on any atom is 0.329 e. The number of rotatable bonds is 8. The van der Waals surface area contributed by atoms with Gasteiger partial charge in [0, 0.05) is 32.7 Å². The highest BCUT2D eigenvalue weighted by Crippen LogP contribution is 2.14. The molecule has 0 aromatic carbocycles. The summed E-state index contributed by atoms with van der Waals surface area (Å²) in [6, 6.07) is 0. The first-order valence-corrected chi connectivity index (χ1v) is 6.82. The molecule has 1 rings (SSSR count). The van der Waals surface area contributed by atoms with Crippen molar-refractivity contribution < 1.29 is 24.2 Å². The molecule has 0 spiro atoms. The highest BCUT2D eigenvalue weighted by molar-refractivity contribution is 5.76. The van der Waals surface area contributed by atoms with E-state index in [4.69, 9.17) is 14.6 Å². The molecule has 6 heteroatoms. The molecule has 19 heavy (non-hydrogen) atoms. The summed E-state index contributed by atoms with van der Waals surface area (Å²) in [6.07, 6.45) is 2.65. The van der Waals surface area contributed by atoms with E-state index >= 15 is 0 Å². The largest absolute Gasteiger partial charge is 0.480 e. The van der Waals surface area contributed by atoms with Gasteiger partial charge < -0.3 is 19.5 Å². The van der Waals surface area contributed by atoms with Crippen molar-refractivity contribution in [2.45, 2.75) is 38.7 Å². The standard InChI is InChI=1S/C13H23NO5/c1-2-18-9-3-4-12(15)14-7-5-11(6-8-14)19-10-13(16)17/h11H,2-10H2,1H3,(H,16,17). The maximum absolute atomic E-state index is 11.9. The number of amides is 1. The number of ether oxygens (including phenoxy) is 2. The van der Waals surface area contributed by atoms with E-state index in [0.717, 1.165) is 6.42 Å². The van der Waals surface area contributed by atoms with Crippen LogP contribution >= 0.6 is 0 Å². The fourth-order valence-electron chi connectivity index (χ4n) is 2.09. The van der Waals surface area contributed by atoms with E-state index in [9.17, 15) is 9.59 Å². The van der Waals surface area contributed by atoms with E-state index in [1.165, 1.54) is 0 Å². The molecular weight excluding hydrogens is 250 g/mol. The highest BCUT2D eigenvalue weighted by atomic mass is 16.5. The van der Waals surface area contributed by atoms with Crippen LogP contribution in [0.5, 0.6) is 0 Å². The van der Waals surface area contributed by atoms with Gasteiger partial charge in [0.25, 0.3) is 0 Å². The first-order valence-electron chi connectivity index (χ1n) is 6.82. The van der Waals surface area contributed by atoms with Crippen molar-refractivity contribution in [1.82, 2.24) is 4.90 Å². The molecule has 0 unspecified atom stereocenters. The van der Waals surface area contributed by atoms with E-state index in [1.807, 2.05) is 11.8 Å². The van der Waals surface area contributed by atoms with Gasteiger partial charge in [-0.15, -0.1) is 0 Å². The number of hydrogen-bond acceptors (Lipinski definition) is 4. The predicted molar refractivity (Wildman–Crippen MR) is 68.9 cm³/mol. The van der Waals surface area contributed by atoms with E-state index in [-0.39, 0.29) is 18.6 Å². The molecule has 0 aromatic rings. The molecule has 0 radical (unpaired) electrons. The van der Waals surface area contributed by atoms with Crippen LogP contribution in [-0.4, -0.2) is 60.9 Å². The lowest BCUT2D eigenvalue weighted by Gasteiger charge is -2.31. The summed E-state index contributed by atoms with van der Waals surface area (Å²) < 4.78 is 10.4. The second-order valence-corrected chi connectivity index (χ2v) is 4.59. The molecule has 1 saturated heterocycles. The van der Waals surface area contributed by atoms with Crippen molar-refractivity contribution in [1.29, 1.82) is 0 Å². The number of hydrogen-bond donors (Lipinski definition) is 1. The third-order valence-electron chi connectivity index (χ3n) is 3.12. The smallest absolute Gasteiger partial charge is 0.329 e. The lowest BCUT2D eigenvalue weighted by Crippen LogP contribution is -2.41. The van der Waals surface area contributed by atoms with Crippen LogP contribution in [0, 0.1) is 0 Å². The number of piperidine rings is 1. The second kappa shape index (κ2) is 8.87. The van der Waals surface area contributed by atoms with Crippen LogP contribution in [0.4, 0.5) is 0 Å². The van der Waals surface area contributed by atoms with Crippen LogP contribution in [0.25, 0.3) is 0 Å². The molecular formula is C13H23NO5. The van der Waals surface area contributed by atoms with Gasteiger partial charge in [0.05, 0.1) is 6.10 Å². The van der Waals surface area contributed by atoms with Crippen LogP contribution in [0.1, 0.15) is 32.6 Å². The number of carbonyl (C=O) groups excluding carboxylic acids is 1. The van der Waals surface area contributed by atoms with Crippen molar-refractivity contribution in [3.05, 3.63) is 0 Å². The Kier molecular flexibility index (Phi) is 7.43. The first kappa shape index (κ1) is 15.9. The molecule has 1 fully saturated rings. The van der Waals surface area contributed by atoms with E-state index < -0.39 is 5.97 Å². The van der Waals surface area contributed by atoms with Crippen LogP contribution in [0.15, 0.2) is 0 Å². The Morgan fingerprint density at radius 3 is 2.58 bits per heavy atom. The summed E-state index contributed by atoms with van der Waals surface area (Å²) in [5.41, 5.74) is 0. The molecule has 0 saturated carbocycles. The van der Waals surface area contributed by atoms with Gasteiger partial charge in [0.15, 0.2) is 0 Å². The van der Waals surface area contributed by atoms with Crippen LogP contribution in [-0.2, 0) is 19.1 Å². The van der Waals surface area contributed by atoms with E-state index in [2.05, 4.69) is 0 Å². The third kappa shape index (κ3) is 6.54. The van der Waals surface area contributed by atoms with Gasteiger partial charge in [-0.05, 0) is 26.2 Å². The Morgan fingerprint density at radius 1 is 1.32 bits per heavy atom. The zero-order chi connectivity index (χ0) is 14.1. The minimum absolute atomic E-state index is 0.0384. The minimum atomic E-state index is -0.950. The third-order valence-corrected chi connectivity index (χ3v) is 3.12. The van der Waals surface area contributed by atoms with Gasteiger partial charge >= 0.3 is 5.97 Å². The number of likely N-dealkylation sites (tertiary alicyclic amines) is 1. The summed E-state index contributed by atoms with van der Waals surface area (Å²) in [7, 11) is 0. The molecule has 0 atom stereocenters. The predicted octanol–water partition coefficient (Wildman–Crippen LogP) is 0.895. The van der Waals surface area contributed by atoms with Gasteiger partial charge in [0.1, 0.15) is 6.61 Å². The highest BCUT2D eigenvalue weighted by Gasteiger charge is 2.23. The first-order chi connectivity index (χ1) is 9.13. The van der Waals surface area contributed by atoms with Gasteiger partial charge in [-0.2, -0.15) is 0 Å². The number of carboxylic acid groups (broad SMARTS) is 1. The Bertz CT molecular complexity index is 287. The SMILES string of the molecule is CCOCCCC(=O)N1CCC(OCC(=O)O)CC1. The van der Waals surface area contributed by atoms with Gasteiger partial charge in [-0.3, -0.25) is 4.79 Å². The molecule has 0 aliphatic carbocycles. The lowest BCUT2D eigenvalue weighted by atomic mass is 10.1. The van der Waals surface area contributed by atoms with Crippen molar-refractivity contribution in [2.75, 3.05) is 32.9 Å². The van der Waals surface area contributed by atoms with Crippen molar-refractivity contribution in [3.8, 4) is 0 Å². The Hall–Kier alpha value is -1.14. The topological polar surface area (TPSA) is 76.1 Å². The quantitative estimate of drug-likeness (QED) is 0.665. The lowest BCUT2D eigenvalue weighted by molar-refractivity contribution is -0.146. The van der Waals surface area contributed by atoms with Crippen LogP contribution in [0.2, 0.25) is 0 Å². The Labute approximate surface area is 113 Å². The number of carbonyl (C=O) groups is 2. The molecule has 1 N–H and O–H groups in total. The average molecular weight is 273 g/mol. The maximum atomic E-state index is 11.9. The molecule has 6 nitrogen and oxygen atoms in total. The number of nitrogens with zero attached hydrogens (tertiary/aromatic N) is 1. The van der Waals surface area contributed by atoms with Gasteiger partial charge in [0.2, 0.25) is 5.91 Å². The summed E-state index contributed by atoms with van der Waals surface area (Å²) in [5.74, 6) is -0.800. The number of carboxylic acids is 1. The zero-order valence-corrected chi connectivity index (χ0v) is 11.5. The fourth-order valence-corrected chi connectivity index (χ4v) is 2.09. The summed E-state index contributed by atoms with van der Waals surface area (Å²) >= 11 is 0. The summed E-state index contributed by atoms with van der Waals surface area (Å²) in [4.78, 5) is 24.1.